The van der Waals surface area contributed by atoms with E-state index in [9.17, 15) is 9.59 Å². The highest BCUT2D eigenvalue weighted by atomic mass is 16.1. The van der Waals surface area contributed by atoms with Crippen LogP contribution in [0, 0.1) is 6.92 Å². The molecule has 0 aliphatic rings. The Kier molecular flexibility index (Phi) is 5.29. The highest BCUT2D eigenvalue weighted by molar-refractivity contribution is 5.87. The van der Waals surface area contributed by atoms with Gasteiger partial charge in [0.2, 0.25) is 5.91 Å². The first-order chi connectivity index (χ1) is 6.59. The first-order valence-electron chi connectivity index (χ1n) is 4.57. The largest absolute Gasteiger partial charge is 0.312 e. The third-order valence-corrected chi connectivity index (χ3v) is 1.42. The van der Waals surface area contributed by atoms with Crippen molar-refractivity contribution in [1.29, 1.82) is 0 Å². The summed E-state index contributed by atoms with van der Waals surface area (Å²) in [6, 6.07) is 3.31. The van der Waals surface area contributed by atoms with Gasteiger partial charge in [-0.1, -0.05) is 19.9 Å². The fraction of sp³-hybridized carbons (Fsp3) is 0.400. The highest BCUT2D eigenvalue weighted by Crippen LogP contribution is 1.98. The number of anilines is 1. The van der Waals surface area contributed by atoms with Crippen LogP contribution in [0.15, 0.2) is 16.9 Å². The predicted molar refractivity (Wildman–Crippen MR) is 57.5 cm³/mol. The van der Waals surface area contributed by atoms with Crippen molar-refractivity contribution in [1.82, 2.24) is 4.98 Å². The minimum Gasteiger partial charge on any atom is -0.312 e. The Bertz CT molecular complexity index is 355. The molecule has 4 heteroatoms. The first-order valence-corrected chi connectivity index (χ1v) is 4.57. The lowest BCUT2D eigenvalue weighted by atomic mass is 10.3. The summed E-state index contributed by atoms with van der Waals surface area (Å²) in [5, 5.41) is 2.48. The Balaban J connectivity index is 0.000000791. The van der Waals surface area contributed by atoms with Gasteiger partial charge in [-0.25, -0.2) is 0 Å². The number of nitrogens with one attached hydrogen (secondary N) is 2. The Morgan fingerprint density at radius 2 is 1.93 bits per heavy atom. The molecule has 0 saturated heterocycles. The Hall–Kier alpha value is -1.58. The summed E-state index contributed by atoms with van der Waals surface area (Å²) in [7, 11) is 0. The van der Waals surface area contributed by atoms with Gasteiger partial charge in [-0.05, 0) is 13.0 Å². The lowest BCUT2D eigenvalue weighted by Crippen LogP contribution is -2.14. The summed E-state index contributed by atoms with van der Waals surface area (Å²) in [5.74, 6) is 0.229. The summed E-state index contributed by atoms with van der Waals surface area (Å²) in [6.07, 6.45) is 0. The molecule has 0 radical (unpaired) electrons. The van der Waals surface area contributed by atoms with E-state index in [0.717, 1.165) is 0 Å². The molecule has 0 atom stereocenters. The normalized spacial score (nSPS) is 8.57. The van der Waals surface area contributed by atoms with Crippen molar-refractivity contribution in [3.8, 4) is 0 Å². The molecule has 0 saturated carbocycles. The molecule has 4 nitrogen and oxygen atoms in total. The van der Waals surface area contributed by atoms with Gasteiger partial charge in [-0.15, -0.1) is 0 Å². The molecule has 78 valence electrons. The van der Waals surface area contributed by atoms with Gasteiger partial charge in [0.25, 0.3) is 5.56 Å². The van der Waals surface area contributed by atoms with E-state index in [1.165, 1.54) is 6.92 Å². The van der Waals surface area contributed by atoms with Gasteiger partial charge in [0.15, 0.2) is 0 Å². The van der Waals surface area contributed by atoms with Crippen LogP contribution in [0.1, 0.15) is 26.3 Å². The number of rotatable bonds is 1. The van der Waals surface area contributed by atoms with Gasteiger partial charge >= 0.3 is 0 Å². The van der Waals surface area contributed by atoms with Crippen LogP contribution in [0.4, 0.5) is 5.82 Å². The van der Waals surface area contributed by atoms with Crippen molar-refractivity contribution in [2.24, 2.45) is 0 Å². The molecule has 0 spiro atoms. The zero-order chi connectivity index (χ0) is 11.1. The average Bonchev–Trinajstić information content (AvgIpc) is 2.14. The lowest BCUT2D eigenvalue weighted by Gasteiger charge is -2.00. The lowest BCUT2D eigenvalue weighted by molar-refractivity contribution is -0.114. The van der Waals surface area contributed by atoms with E-state index in [1.807, 2.05) is 13.8 Å². The van der Waals surface area contributed by atoms with Gasteiger partial charge in [0.1, 0.15) is 5.82 Å². The van der Waals surface area contributed by atoms with Crippen molar-refractivity contribution in [2.45, 2.75) is 27.7 Å². The number of pyridine rings is 1. The van der Waals surface area contributed by atoms with Gasteiger partial charge < -0.3 is 10.3 Å². The van der Waals surface area contributed by atoms with Crippen LogP contribution in [0.5, 0.6) is 0 Å². The van der Waals surface area contributed by atoms with Crippen molar-refractivity contribution in [3.63, 3.8) is 0 Å². The zero-order valence-electron chi connectivity index (χ0n) is 8.97. The third-order valence-electron chi connectivity index (χ3n) is 1.42. The molecule has 0 bridgehead atoms. The highest BCUT2D eigenvalue weighted by Gasteiger charge is 1.96. The van der Waals surface area contributed by atoms with Gasteiger partial charge in [-0.2, -0.15) is 0 Å². The van der Waals surface area contributed by atoms with E-state index >= 15 is 0 Å². The first kappa shape index (κ1) is 12.4. The van der Waals surface area contributed by atoms with Crippen molar-refractivity contribution in [3.05, 3.63) is 28.0 Å². The number of carbonyl (C=O) groups excluding carboxylic acids is 1. The maximum atomic E-state index is 11.0. The van der Waals surface area contributed by atoms with E-state index in [-0.39, 0.29) is 11.5 Å². The molecule has 0 unspecified atom stereocenters. The van der Waals surface area contributed by atoms with E-state index < -0.39 is 0 Å². The van der Waals surface area contributed by atoms with Gasteiger partial charge in [0.05, 0.1) is 0 Å². The van der Waals surface area contributed by atoms with E-state index in [4.69, 9.17) is 0 Å². The standard InChI is InChI=1S/C8H10N2O2.C2H6/c1-5-3-4-7(9-6(2)11)10-8(5)12;1-2/h3-4H,1-2H3,(H2,9,10,11,12);1-2H3. The molecule has 0 aliphatic heterocycles. The molecule has 1 aromatic heterocycles. The van der Waals surface area contributed by atoms with Crippen LogP contribution in [0.25, 0.3) is 0 Å². The SMILES string of the molecule is CC.CC(=O)Nc1ccc(C)c(=O)[nH]1. The summed E-state index contributed by atoms with van der Waals surface area (Å²) < 4.78 is 0. The zero-order valence-corrected chi connectivity index (χ0v) is 8.97. The van der Waals surface area contributed by atoms with Crippen LogP contribution < -0.4 is 10.9 Å². The molecule has 0 aliphatic carbocycles. The predicted octanol–water partition coefficient (Wildman–Crippen LogP) is 1.67. The maximum Gasteiger partial charge on any atom is 0.252 e. The molecule has 1 aromatic rings. The quantitative estimate of drug-likeness (QED) is 0.717. The van der Waals surface area contributed by atoms with Crippen molar-refractivity contribution < 1.29 is 4.79 Å². The Labute approximate surface area is 83.4 Å². The second-order valence-corrected chi connectivity index (χ2v) is 2.57. The second-order valence-electron chi connectivity index (χ2n) is 2.57. The topological polar surface area (TPSA) is 62.0 Å². The number of amides is 1. The second kappa shape index (κ2) is 5.96. The van der Waals surface area contributed by atoms with Gasteiger partial charge in [-0.3, -0.25) is 9.59 Å². The summed E-state index contributed by atoms with van der Waals surface area (Å²) >= 11 is 0. The van der Waals surface area contributed by atoms with Crippen molar-refractivity contribution in [2.75, 3.05) is 5.32 Å². The number of hydrogen-bond donors (Lipinski definition) is 2. The number of H-pyrrole nitrogens is 1. The number of aryl methyl sites for hydroxylation is 1. The third kappa shape index (κ3) is 3.89. The molecule has 1 rings (SSSR count). The molecule has 14 heavy (non-hydrogen) atoms. The molecule has 2 N–H and O–H groups in total. The summed E-state index contributed by atoms with van der Waals surface area (Å²) in [6.45, 7) is 7.09. The summed E-state index contributed by atoms with van der Waals surface area (Å²) in [5.41, 5.74) is 0.449. The molecular weight excluding hydrogens is 180 g/mol. The van der Waals surface area contributed by atoms with Crippen LogP contribution in [0.3, 0.4) is 0 Å². The van der Waals surface area contributed by atoms with E-state index in [2.05, 4.69) is 10.3 Å². The number of carbonyl (C=O) groups is 1. The van der Waals surface area contributed by atoms with E-state index in [1.54, 1.807) is 19.1 Å². The molecule has 1 amide bonds. The fourth-order valence-corrected chi connectivity index (χ4v) is 0.809. The Morgan fingerprint density at radius 3 is 2.36 bits per heavy atom. The van der Waals surface area contributed by atoms with Crippen LogP contribution >= 0.6 is 0 Å². The molecule has 0 aromatic carbocycles. The minimum absolute atomic E-state index is 0.179. The summed E-state index contributed by atoms with van der Waals surface area (Å²) in [4.78, 5) is 24.1. The van der Waals surface area contributed by atoms with Gasteiger partial charge in [0, 0.05) is 12.5 Å². The van der Waals surface area contributed by atoms with Crippen molar-refractivity contribution >= 4 is 11.7 Å². The number of hydrogen-bond acceptors (Lipinski definition) is 2. The van der Waals surface area contributed by atoms with Crippen LogP contribution in [0.2, 0.25) is 0 Å². The smallest absolute Gasteiger partial charge is 0.252 e. The maximum absolute atomic E-state index is 11.0. The van der Waals surface area contributed by atoms with Crippen LogP contribution in [-0.2, 0) is 4.79 Å². The van der Waals surface area contributed by atoms with Crippen LogP contribution in [-0.4, -0.2) is 10.9 Å². The molecular formula is C10H16N2O2. The average molecular weight is 196 g/mol. The molecule has 1 heterocycles. The minimum atomic E-state index is -0.200. The Morgan fingerprint density at radius 1 is 1.36 bits per heavy atom. The fourth-order valence-electron chi connectivity index (χ4n) is 0.809. The number of aromatic nitrogens is 1. The monoisotopic (exact) mass is 196 g/mol. The number of aromatic amines is 1. The van der Waals surface area contributed by atoms with E-state index in [0.29, 0.717) is 11.4 Å². The molecule has 0 fully saturated rings.